The standard InChI is InChI=1S/C27H27N3O5/c1-16-10-19(26-29-21-12-20(33-3)13-22(34-4)24(21)27(32)30-26)11-17(2)25(16)35-15-23(31)28-14-18-8-6-5-7-9-18/h5-13H,14-15H2,1-4H3,(H,28,31)(H,29,30,32). The number of aromatic amines is 1. The van der Waals surface area contributed by atoms with Crippen LogP contribution in [0, 0.1) is 13.8 Å². The van der Waals surface area contributed by atoms with E-state index in [4.69, 9.17) is 14.2 Å². The monoisotopic (exact) mass is 473 g/mol. The van der Waals surface area contributed by atoms with Crippen LogP contribution in [0.15, 0.2) is 59.4 Å². The molecule has 180 valence electrons. The minimum Gasteiger partial charge on any atom is -0.497 e. The molecule has 0 saturated carbocycles. The first-order valence-electron chi connectivity index (χ1n) is 11.1. The third-order valence-electron chi connectivity index (χ3n) is 5.62. The van der Waals surface area contributed by atoms with Gasteiger partial charge in [0.15, 0.2) is 6.61 Å². The van der Waals surface area contributed by atoms with Crippen molar-refractivity contribution in [2.24, 2.45) is 0 Å². The van der Waals surface area contributed by atoms with E-state index in [1.165, 1.54) is 7.11 Å². The molecule has 1 amide bonds. The Morgan fingerprint density at radius 1 is 1.00 bits per heavy atom. The summed E-state index contributed by atoms with van der Waals surface area (Å²) >= 11 is 0. The Labute approximate surface area is 202 Å². The van der Waals surface area contributed by atoms with Gasteiger partial charge in [0.25, 0.3) is 11.5 Å². The Kier molecular flexibility index (Phi) is 7.01. The van der Waals surface area contributed by atoms with Crippen LogP contribution in [-0.4, -0.2) is 36.7 Å². The summed E-state index contributed by atoms with van der Waals surface area (Å²) in [5, 5.41) is 3.21. The molecule has 35 heavy (non-hydrogen) atoms. The molecule has 0 radical (unpaired) electrons. The number of carbonyl (C=O) groups is 1. The van der Waals surface area contributed by atoms with Crippen LogP contribution in [0.3, 0.4) is 0 Å². The van der Waals surface area contributed by atoms with Crippen LogP contribution in [0.25, 0.3) is 22.3 Å². The maximum absolute atomic E-state index is 12.8. The number of aryl methyl sites for hydroxylation is 2. The molecule has 0 unspecified atom stereocenters. The number of H-pyrrole nitrogens is 1. The number of nitrogens with zero attached hydrogens (tertiary/aromatic N) is 1. The Morgan fingerprint density at radius 2 is 1.71 bits per heavy atom. The number of rotatable bonds is 8. The van der Waals surface area contributed by atoms with Gasteiger partial charge in [0.2, 0.25) is 0 Å². The molecule has 0 aliphatic heterocycles. The van der Waals surface area contributed by atoms with E-state index >= 15 is 0 Å². The van der Waals surface area contributed by atoms with Crippen LogP contribution in [0.5, 0.6) is 17.2 Å². The first-order chi connectivity index (χ1) is 16.9. The fourth-order valence-electron chi connectivity index (χ4n) is 3.93. The highest BCUT2D eigenvalue weighted by molar-refractivity contribution is 5.87. The lowest BCUT2D eigenvalue weighted by atomic mass is 10.0. The number of hydrogen-bond donors (Lipinski definition) is 2. The Balaban J connectivity index is 1.55. The fourth-order valence-corrected chi connectivity index (χ4v) is 3.93. The average molecular weight is 474 g/mol. The van der Waals surface area contributed by atoms with Crippen LogP contribution < -0.4 is 25.1 Å². The number of benzene rings is 3. The second kappa shape index (κ2) is 10.3. The minimum absolute atomic E-state index is 0.0987. The number of methoxy groups -OCH3 is 2. The third-order valence-corrected chi connectivity index (χ3v) is 5.62. The molecule has 4 rings (SSSR count). The highest BCUT2D eigenvalue weighted by Gasteiger charge is 2.15. The summed E-state index contributed by atoms with van der Waals surface area (Å²) in [7, 11) is 3.04. The SMILES string of the molecule is COc1cc(OC)c2c(=O)[nH]c(-c3cc(C)c(OCC(=O)NCc4ccccc4)c(C)c3)nc2c1. The summed E-state index contributed by atoms with van der Waals surface area (Å²) in [6.07, 6.45) is 0. The van der Waals surface area contributed by atoms with Gasteiger partial charge in [-0.1, -0.05) is 30.3 Å². The largest absolute Gasteiger partial charge is 0.497 e. The van der Waals surface area contributed by atoms with E-state index in [1.807, 2.05) is 56.3 Å². The molecule has 3 aromatic carbocycles. The van der Waals surface area contributed by atoms with Gasteiger partial charge in [-0.15, -0.1) is 0 Å². The lowest BCUT2D eigenvalue weighted by Gasteiger charge is -2.14. The van der Waals surface area contributed by atoms with E-state index < -0.39 is 0 Å². The van der Waals surface area contributed by atoms with Crippen molar-refractivity contribution in [3.05, 3.63) is 81.6 Å². The molecule has 0 spiro atoms. The lowest BCUT2D eigenvalue weighted by molar-refractivity contribution is -0.123. The van der Waals surface area contributed by atoms with Gasteiger partial charge >= 0.3 is 0 Å². The van der Waals surface area contributed by atoms with Crippen LogP contribution in [0.1, 0.15) is 16.7 Å². The number of carbonyl (C=O) groups excluding carboxylic acids is 1. The molecular formula is C27H27N3O5. The quantitative estimate of drug-likeness (QED) is 0.402. The summed E-state index contributed by atoms with van der Waals surface area (Å²) in [6.45, 7) is 4.12. The van der Waals surface area contributed by atoms with Crippen molar-refractivity contribution in [2.75, 3.05) is 20.8 Å². The Bertz CT molecular complexity index is 1410. The number of hydrogen-bond acceptors (Lipinski definition) is 6. The molecule has 8 heteroatoms. The zero-order valence-electron chi connectivity index (χ0n) is 20.1. The second-order valence-electron chi connectivity index (χ2n) is 8.13. The van der Waals surface area contributed by atoms with Crippen molar-refractivity contribution >= 4 is 16.8 Å². The molecule has 0 fully saturated rings. The van der Waals surface area contributed by atoms with Gasteiger partial charge in [0, 0.05) is 24.2 Å². The van der Waals surface area contributed by atoms with Gasteiger partial charge in [0.05, 0.1) is 19.7 Å². The second-order valence-corrected chi connectivity index (χ2v) is 8.13. The summed E-state index contributed by atoms with van der Waals surface area (Å²) < 4.78 is 16.5. The number of ether oxygens (including phenoxy) is 3. The van der Waals surface area contributed by atoms with E-state index in [0.717, 1.165) is 22.3 Å². The molecule has 1 heterocycles. The maximum Gasteiger partial charge on any atom is 0.262 e. The van der Waals surface area contributed by atoms with Crippen LogP contribution in [0.4, 0.5) is 0 Å². The van der Waals surface area contributed by atoms with E-state index in [0.29, 0.717) is 40.5 Å². The molecule has 1 aromatic heterocycles. The van der Waals surface area contributed by atoms with Gasteiger partial charge < -0.3 is 24.5 Å². The van der Waals surface area contributed by atoms with Crippen LogP contribution >= 0.6 is 0 Å². The van der Waals surface area contributed by atoms with E-state index in [1.54, 1.807) is 19.2 Å². The molecular weight excluding hydrogens is 446 g/mol. The lowest BCUT2D eigenvalue weighted by Crippen LogP contribution is -2.28. The van der Waals surface area contributed by atoms with Crippen molar-refractivity contribution in [3.63, 3.8) is 0 Å². The number of amides is 1. The smallest absolute Gasteiger partial charge is 0.262 e. The molecule has 2 N–H and O–H groups in total. The van der Waals surface area contributed by atoms with Gasteiger partial charge in [0.1, 0.15) is 28.5 Å². The molecule has 0 atom stereocenters. The average Bonchev–Trinajstić information content (AvgIpc) is 2.86. The Morgan fingerprint density at radius 3 is 2.37 bits per heavy atom. The van der Waals surface area contributed by atoms with Crippen molar-refractivity contribution in [2.45, 2.75) is 20.4 Å². The van der Waals surface area contributed by atoms with Crippen molar-refractivity contribution in [1.29, 1.82) is 0 Å². The minimum atomic E-state index is -0.310. The van der Waals surface area contributed by atoms with Crippen LogP contribution in [0.2, 0.25) is 0 Å². The first-order valence-corrected chi connectivity index (χ1v) is 11.1. The summed E-state index contributed by atoms with van der Waals surface area (Å²) in [4.78, 5) is 32.6. The summed E-state index contributed by atoms with van der Waals surface area (Å²) in [5.74, 6) is 1.76. The number of fused-ring (bicyclic) bond motifs is 1. The summed E-state index contributed by atoms with van der Waals surface area (Å²) in [5.41, 5.74) is 3.54. The number of aromatic nitrogens is 2. The van der Waals surface area contributed by atoms with Crippen molar-refractivity contribution in [3.8, 4) is 28.6 Å². The molecule has 0 aliphatic carbocycles. The topological polar surface area (TPSA) is 103 Å². The maximum atomic E-state index is 12.8. The molecule has 8 nitrogen and oxygen atoms in total. The van der Waals surface area contributed by atoms with Gasteiger partial charge in [-0.2, -0.15) is 0 Å². The molecule has 4 aromatic rings. The molecule has 0 bridgehead atoms. The zero-order valence-corrected chi connectivity index (χ0v) is 20.1. The van der Waals surface area contributed by atoms with Gasteiger partial charge in [-0.3, -0.25) is 9.59 Å². The zero-order chi connectivity index (χ0) is 24.9. The Hall–Kier alpha value is -4.33. The van der Waals surface area contributed by atoms with E-state index in [2.05, 4.69) is 15.3 Å². The predicted molar refractivity (Wildman–Crippen MR) is 134 cm³/mol. The molecule has 0 aliphatic rings. The summed E-state index contributed by atoms with van der Waals surface area (Å²) in [6, 6.07) is 16.8. The van der Waals surface area contributed by atoms with Crippen LogP contribution in [-0.2, 0) is 11.3 Å². The first kappa shape index (κ1) is 23.8. The van der Waals surface area contributed by atoms with Gasteiger partial charge in [-0.25, -0.2) is 4.98 Å². The van der Waals surface area contributed by atoms with E-state index in [9.17, 15) is 9.59 Å². The fraction of sp³-hybridized carbons (Fsp3) is 0.222. The van der Waals surface area contributed by atoms with Crippen molar-refractivity contribution in [1.82, 2.24) is 15.3 Å². The van der Waals surface area contributed by atoms with E-state index in [-0.39, 0.29) is 18.1 Å². The highest BCUT2D eigenvalue weighted by atomic mass is 16.5. The predicted octanol–water partition coefficient (Wildman–Crippen LogP) is 3.92. The van der Waals surface area contributed by atoms with Gasteiger partial charge in [-0.05, 0) is 42.7 Å². The van der Waals surface area contributed by atoms with Crippen molar-refractivity contribution < 1.29 is 19.0 Å². The normalized spacial score (nSPS) is 10.7. The highest BCUT2D eigenvalue weighted by Crippen LogP contribution is 2.31. The third kappa shape index (κ3) is 5.27. The number of nitrogens with one attached hydrogen (secondary N) is 2. The molecule has 0 saturated heterocycles.